The van der Waals surface area contributed by atoms with Crippen molar-refractivity contribution in [3.63, 3.8) is 0 Å². The molecule has 0 bridgehead atoms. The lowest BCUT2D eigenvalue weighted by Gasteiger charge is -2.27. The Morgan fingerprint density at radius 1 is 1.00 bits per heavy atom. The van der Waals surface area contributed by atoms with Crippen molar-refractivity contribution >= 4 is 0 Å². The number of quaternary nitrogens is 2. The fraction of sp³-hybridized carbons (Fsp3) is 0.600. The summed E-state index contributed by atoms with van der Waals surface area (Å²) in [5.74, 6) is 0.438. The molecule has 5 heteroatoms. The third kappa shape index (κ3) is 5.45. The van der Waals surface area contributed by atoms with Gasteiger partial charge in [-0.15, -0.1) is 0 Å². The van der Waals surface area contributed by atoms with Gasteiger partial charge in [0.1, 0.15) is 50.9 Å². The number of ether oxygens (including phenoxy) is 2. The highest BCUT2D eigenvalue weighted by Gasteiger charge is 2.18. The summed E-state index contributed by atoms with van der Waals surface area (Å²) in [5.41, 5.74) is 0. The van der Waals surface area contributed by atoms with Crippen LogP contribution in [0.25, 0.3) is 0 Å². The lowest BCUT2D eigenvalue weighted by Crippen LogP contribution is -3.27. The monoisotopic (exact) mass is 284 g/mol. The minimum Gasteiger partial charge on any atom is -0.491 e. The van der Waals surface area contributed by atoms with Crippen molar-refractivity contribution in [3.8, 4) is 5.75 Å². The van der Waals surface area contributed by atoms with Crippen molar-refractivity contribution in [2.45, 2.75) is 0 Å². The molecular formula is C15H25FN2O2+2. The summed E-state index contributed by atoms with van der Waals surface area (Å²) >= 11 is 0. The Bertz CT molecular complexity index is 378. The lowest BCUT2D eigenvalue weighted by molar-refractivity contribution is -1.00. The molecule has 1 fully saturated rings. The van der Waals surface area contributed by atoms with Gasteiger partial charge in [0.05, 0.1) is 20.3 Å². The zero-order valence-corrected chi connectivity index (χ0v) is 12.2. The molecule has 2 rings (SSSR count). The number of hydrogen-bond donors (Lipinski definition) is 2. The summed E-state index contributed by atoms with van der Waals surface area (Å²) in [6.07, 6.45) is 0. The van der Waals surface area contributed by atoms with Crippen LogP contribution in [0.3, 0.4) is 0 Å². The van der Waals surface area contributed by atoms with Gasteiger partial charge in [-0.05, 0) is 24.3 Å². The number of nitrogens with one attached hydrogen (secondary N) is 2. The van der Waals surface area contributed by atoms with E-state index in [4.69, 9.17) is 9.47 Å². The first-order valence-corrected chi connectivity index (χ1v) is 7.35. The van der Waals surface area contributed by atoms with Crippen LogP contribution in [-0.4, -0.2) is 59.6 Å². The average molecular weight is 284 g/mol. The second-order valence-electron chi connectivity index (χ2n) is 5.37. The standard InChI is InChI=1S/C15H23FN2O2/c1-17-6-8-18(9-7-17)10-11-19-12-13-20-15-4-2-14(16)3-5-15/h2-5H,6-13H2,1H3/p+2. The second kappa shape index (κ2) is 8.19. The van der Waals surface area contributed by atoms with Gasteiger partial charge in [-0.25, -0.2) is 4.39 Å². The molecular weight excluding hydrogens is 259 g/mol. The lowest BCUT2D eigenvalue weighted by atomic mass is 10.3. The van der Waals surface area contributed by atoms with E-state index in [-0.39, 0.29) is 5.82 Å². The predicted octanol–water partition coefficient (Wildman–Crippen LogP) is -1.37. The second-order valence-corrected chi connectivity index (χ2v) is 5.37. The van der Waals surface area contributed by atoms with E-state index in [9.17, 15) is 4.39 Å². The fourth-order valence-corrected chi connectivity index (χ4v) is 2.35. The van der Waals surface area contributed by atoms with Crippen LogP contribution in [0.15, 0.2) is 24.3 Å². The Morgan fingerprint density at radius 2 is 1.70 bits per heavy atom. The van der Waals surface area contributed by atoms with E-state index in [1.165, 1.54) is 38.3 Å². The summed E-state index contributed by atoms with van der Waals surface area (Å²) in [4.78, 5) is 3.26. The maximum atomic E-state index is 12.7. The molecule has 20 heavy (non-hydrogen) atoms. The van der Waals surface area contributed by atoms with E-state index in [2.05, 4.69) is 7.05 Å². The molecule has 1 aliphatic rings. The third-order valence-electron chi connectivity index (χ3n) is 3.72. The molecule has 1 heterocycles. The third-order valence-corrected chi connectivity index (χ3v) is 3.72. The van der Waals surface area contributed by atoms with Crippen molar-refractivity contribution in [2.75, 3.05) is 59.6 Å². The van der Waals surface area contributed by atoms with Gasteiger partial charge < -0.3 is 19.3 Å². The summed E-state index contributed by atoms with van der Waals surface area (Å²) in [6, 6.07) is 6.06. The normalized spacial score (nSPS) is 22.7. The van der Waals surface area contributed by atoms with E-state index in [0.717, 1.165) is 13.2 Å². The molecule has 0 amide bonds. The Balaban J connectivity index is 1.48. The van der Waals surface area contributed by atoms with Crippen molar-refractivity contribution in [1.29, 1.82) is 0 Å². The number of likely N-dealkylation sites (N-methyl/N-ethyl adjacent to an activating group) is 1. The predicted molar refractivity (Wildman–Crippen MR) is 74.9 cm³/mol. The summed E-state index contributed by atoms with van der Waals surface area (Å²) in [6.45, 7) is 7.92. The molecule has 0 aromatic heterocycles. The van der Waals surface area contributed by atoms with Crippen LogP contribution in [0.5, 0.6) is 5.75 Å². The number of piperazine rings is 1. The maximum absolute atomic E-state index is 12.7. The van der Waals surface area contributed by atoms with E-state index in [0.29, 0.717) is 19.0 Å². The van der Waals surface area contributed by atoms with Crippen molar-refractivity contribution < 1.29 is 23.7 Å². The van der Waals surface area contributed by atoms with Crippen LogP contribution in [0.1, 0.15) is 0 Å². The van der Waals surface area contributed by atoms with Gasteiger partial charge in [-0.2, -0.15) is 0 Å². The minimum atomic E-state index is -0.245. The van der Waals surface area contributed by atoms with Crippen LogP contribution in [0.2, 0.25) is 0 Å². The number of rotatable bonds is 7. The molecule has 0 radical (unpaired) electrons. The number of halogens is 1. The van der Waals surface area contributed by atoms with Gasteiger partial charge in [-0.3, -0.25) is 0 Å². The van der Waals surface area contributed by atoms with Crippen molar-refractivity contribution in [3.05, 3.63) is 30.1 Å². The molecule has 1 aliphatic heterocycles. The summed E-state index contributed by atoms with van der Waals surface area (Å²) < 4.78 is 23.7. The maximum Gasteiger partial charge on any atom is 0.127 e. The van der Waals surface area contributed by atoms with Gasteiger partial charge in [0.25, 0.3) is 0 Å². The highest BCUT2D eigenvalue weighted by Crippen LogP contribution is 2.10. The minimum absolute atomic E-state index is 0.245. The van der Waals surface area contributed by atoms with Crippen molar-refractivity contribution in [1.82, 2.24) is 0 Å². The molecule has 4 nitrogen and oxygen atoms in total. The molecule has 1 saturated heterocycles. The van der Waals surface area contributed by atoms with Gasteiger partial charge in [0, 0.05) is 0 Å². The smallest absolute Gasteiger partial charge is 0.127 e. The molecule has 0 aliphatic carbocycles. The van der Waals surface area contributed by atoms with Crippen molar-refractivity contribution in [2.24, 2.45) is 0 Å². The van der Waals surface area contributed by atoms with Crippen LogP contribution in [-0.2, 0) is 4.74 Å². The van der Waals surface area contributed by atoms with Crippen LogP contribution >= 0.6 is 0 Å². The first kappa shape index (κ1) is 15.2. The van der Waals surface area contributed by atoms with E-state index in [1.54, 1.807) is 21.9 Å². The Hall–Kier alpha value is -1.17. The first-order chi connectivity index (χ1) is 9.74. The van der Waals surface area contributed by atoms with Crippen LogP contribution < -0.4 is 14.5 Å². The Morgan fingerprint density at radius 3 is 2.40 bits per heavy atom. The summed E-state index contributed by atoms with van der Waals surface area (Å²) in [5, 5.41) is 0. The van der Waals surface area contributed by atoms with Gasteiger partial charge in [-0.1, -0.05) is 0 Å². The Labute approximate surface area is 120 Å². The van der Waals surface area contributed by atoms with Gasteiger partial charge in [0.2, 0.25) is 0 Å². The van der Waals surface area contributed by atoms with E-state index >= 15 is 0 Å². The topological polar surface area (TPSA) is 27.3 Å². The quantitative estimate of drug-likeness (QED) is 0.605. The Kier molecular flexibility index (Phi) is 6.24. The zero-order valence-electron chi connectivity index (χ0n) is 12.2. The molecule has 0 unspecified atom stereocenters. The highest BCUT2D eigenvalue weighted by atomic mass is 19.1. The fourth-order valence-electron chi connectivity index (χ4n) is 2.35. The summed E-state index contributed by atoms with van der Waals surface area (Å²) in [7, 11) is 2.25. The molecule has 0 atom stereocenters. The van der Waals surface area contributed by atoms with Crippen LogP contribution in [0, 0.1) is 5.82 Å². The molecule has 0 saturated carbocycles. The van der Waals surface area contributed by atoms with Gasteiger partial charge in [0.15, 0.2) is 0 Å². The largest absolute Gasteiger partial charge is 0.491 e. The molecule has 0 spiro atoms. The van der Waals surface area contributed by atoms with Crippen LogP contribution in [0.4, 0.5) is 4.39 Å². The number of benzene rings is 1. The zero-order chi connectivity index (χ0) is 14.2. The molecule has 1 aromatic carbocycles. The SMILES string of the molecule is C[NH+]1CC[NH+](CCOCCOc2ccc(F)cc2)CC1. The van der Waals surface area contributed by atoms with E-state index < -0.39 is 0 Å². The molecule has 112 valence electrons. The highest BCUT2D eigenvalue weighted by molar-refractivity contribution is 5.21. The van der Waals surface area contributed by atoms with Gasteiger partial charge >= 0.3 is 0 Å². The number of hydrogen-bond acceptors (Lipinski definition) is 2. The molecule has 2 N–H and O–H groups in total. The first-order valence-electron chi connectivity index (χ1n) is 7.35. The van der Waals surface area contributed by atoms with E-state index in [1.807, 2.05) is 0 Å². The molecule has 1 aromatic rings. The average Bonchev–Trinajstić information content (AvgIpc) is 2.46.